The van der Waals surface area contributed by atoms with Crippen molar-refractivity contribution in [3.8, 4) is 0 Å². The molecule has 1 atom stereocenters. The summed E-state index contributed by atoms with van der Waals surface area (Å²) in [6, 6.07) is 8.84. The smallest absolute Gasteiger partial charge is 0.240 e. The van der Waals surface area contributed by atoms with E-state index in [1.807, 2.05) is 30.3 Å². The van der Waals surface area contributed by atoms with E-state index in [4.69, 9.17) is 11.5 Å². The zero-order valence-electron chi connectivity index (χ0n) is 11.7. The molecule has 2 amide bonds. The zero-order valence-corrected chi connectivity index (χ0v) is 11.7. The Hall–Kier alpha value is -1.88. The van der Waals surface area contributed by atoms with Gasteiger partial charge in [-0.25, -0.2) is 0 Å². The average Bonchev–Trinajstić information content (AvgIpc) is 2.44. The van der Waals surface area contributed by atoms with Crippen LogP contribution in [-0.2, 0) is 16.0 Å². The Kier molecular flexibility index (Phi) is 7.35. The number of nitrogens with one attached hydrogen (secondary N) is 1. The van der Waals surface area contributed by atoms with Crippen molar-refractivity contribution in [2.24, 2.45) is 11.5 Å². The van der Waals surface area contributed by atoms with Crippen molar-refractivity contribution in [1.29, 1.82) is 0 Å². The molecule has 5 N–H and O–H groups in total. The van der Waals surface area contributed by atoms with Crippen molar-refractivity contribution in [3.05, 3.63) is 35.9 Å². The predicted molar refractivity (Wildman–Crippen MR) is 78.8 cm³/mol. The van der Waals surface area contributed by atoms with Gasteiger partial charge < -0.3 is 16.8 Å². The van der Waals surface area contributed by atoms with Gasteiger partial charge in [-0.15, -0.1) is 0 Å². The molecule has 0 saturated heterocycles. The highest BCUT2D eigenvalue weighted by Gasteiger charge is 2.18. The minimum Gasteiger partial charge on any atom is -0.368 e. The molecule has 0 aliphatic carbocycles. The molecular weight excluding hydrogens is 254 g/mol. The van der Waals surface area contributed by atoms with Gasteiger partial charge in [0.2, 0.25) is 11.8 Å². The van der Waals surface area contributed by atoms with Crippen LogP contribution in [0.4, 0.5) is 0 Å². The van der Waals surface area contributed by atoms with Crippen molar-refractivity contribution in [3.63, 3.8) is 0 Å². The highest BCUT2D eigenvalue weighted by molar-refractivity contribution is 5.86. The molecule has 1 unspecified atom stereocenters. The number of hydrogen-bond acceptors (Lipinski definition) is 3. The van der Waals surface area contributed by atoms with Crippen LogP contribution in [-0.4, -0.2) is 24.4 Å². The molecule has 1 aromatic rings. The van der Waals surface area contributed by atoms with E-state index in [1.165, 1.54) is 0 Å². The van der Waals surface area contributed by atoms with E-state index in [9.17, 15) is 9.59 Å². The second-order valence-corrected chi connectivity index (χ2v) is 4.81. The molecule has 0 heterocycles. The van der Waals surface area contributed by atoms with E-state index >= 15 is 0 Å². The topological polar surface area (TPSA) is 98.2 Å². The van der Waals surface area contributed by atoms with Crippen LogP contribution in [0.15, 0.2) is 30.3 Å². The first-order chi connectivity index (χ1) is 9.63. The van der Waals surface area contributed by atoms with E-state index < -0.39 is 11.9 Å². The molecule has 110 valence electrons. The fraction of sp³-hybridized carbons (Fsp3) is 0.467. The number of hydrogen-bond donors (Lipinski definition) is 3. The van der Waals surface area contributed by atoms with Crippen molar-refractivity contribution < 1.29 is 9.59 Å². The second-order valence-electron chi connectivity index (χ2n) is 4.81. The van der Waals surface area contributed by atoms with E-state index in [0.29, 0.717) is 19.4 Å². The highest BCUT2D eigenvalue weighted by Crippen LogP contribution is 2.04. The van der Waals surface area contributed by atoms with E-state index in [-0.39, 0.29) is 5.91 Å². The fourth-order valence-electron chi connectivity index (χ4n) is 1.95. The highest BCUT2D eigenvalue weighted by atomic mass is 16.2. The third-order valence-electron chi connectivity index (χ3n) is 3.07. The van der Waals surface area contributed by atoms with Crippen LogP contribution in [0.2, 0.25) is 0 Å². The third kappa shape index (κ3) is 6.33. The molecule has 0 saturated carbocycles. The standard InChI is InChI=1S/C15H23N3O2/c16-10-6-2-5-9-14(19)18-13(15(17)20)11-12-7-3-1-4-8-12/h1,3-4,7-8,13H,2,5-6,9-11,16H2,(H2,17,20)(H,18,19). The van der Waals surface area contributed by atoms with Crippen molar-refractivity contribution >= 4 is 11.8 Å². The Morgan fingerprint density at radius 2 is 1.80 bits per heavy atom. The first-order valence-electron chi connectivity index (χ1n) is 6.96. The summed E-state index contributed by atoms with van der Waals surface area (Å²) in [4.78, 5) is 23.2. The lowest BCUT2D eigenvalue weighted by Crippen LogP contribution is -2.45. The maximum absolute atomic E-state index is 11.8. The van der Waals surface area contributed by atoms with E-state index in [1.54, 1.807) is 0 Å². The van der Waals surface area contributed by atoms with Crippen LogP contribution in [0, 0.1) is 0 Å². The van der Waals surface area contributed by atoms with Gasteiger partial charge in [0.25, 0.3) is 0 Å². The molecule has 0 aromatic heterocycles. The molecule has 0 radical (unpaired) electrons. The lowest BCUT2D eigenvalue weighted by molar-refractivity contribution is -0.127. The summed E-state index contributed by atoms with van der Waals surface area (Å²) in [7, 11) is 0. The summed E-state index contributed by atoms with van der Waals surface area (Å²) < 4.78 is 0. The second kappa shape index (κ2) is 9.09. The first kappa shape index (κ1) is 16.2. The monoisotopic (exact) mass is 277 g/mol. The fourth-order valence-corrected chi connectivity index (χ4v) is 1.95. The average molecular weight is 277 g/mol. The van der Waals surface area contributed by atoms with E-state index in [2.05, 4.69) is 5.32 Å². The molecular formula is C15H23N3O2. The Bertz CT molecular complexity index is 420. The Morgan fingerprint density at radius 1 is 1.10 bits per heavy atom. The van der Waals surface area contributed by atoms with Gasteiger partial charge in [0, 0.05) is 12.8 Å². The SMILES string of the molecule is NCCCCCC(=O)NC(Cc1ccccc1)C(N)=O. The van der Waals surface area contributed by atoms with Crippen molar-refractivity contribution in [2.75, 3.05) is 6.54 Å². The number of amides is 2. The van der Waals surface area contributed by atoms with Gasteiger partial charge in [0.15, 0.2) is 0 Å². The van der Waals surface area contributed by atoms with Crippen LogP contribution in [0.25, 0.3) is 0 Å². The summed E-state index contributed by atoms with van der Waals surface area (Å²) in [6.45, 7) is 0.638. The largest absolute Gasteiger partial charge is 0.368 e. The minimum atomic E-state index is -0.653. The number of nitrogens with two attached hydrogens (primary N) is 2. The Balaban J connectivity index is 2.43. The molecule has 0 fully saturated rings. The van der Waals surface area contributed by atoms with Gasteiger partial charge >= 0.3 is 0 Å². The number of unbranched alkanes of at least 4 members (excludes halogenated alkanes) is 2. The molecule has 1 aromatic carbocycles. The molecule has 5 nitrogen and oxygen atoms in total. The third-order valence-corrected chi connectivity index (χ3v) is 3.07. The summed E-state index contributed by atoms with van der Waals surface area (Å²) in [5.41, 5.74) is 11.7. The van der Waals surface area contributed by atoms with Gasteiger partial charge in [-0.05, 0) is 24.9 Å². The van der Waals surface area contributed by atoms with Crippen LogP contribution in [0.3, 0.4) is 0 Å². The molecule has 1 rings (SSSR count). The van der Waals surface area contributed by atoms with Gasteiger partial charge in [0.1, 0.15) is 6.04 Å². The van der Waals surface area contributed by atoms with Gasteiger partial charge in [-0.3, -0.25) is 9.59 Å². The molecule has 20 heavy (non-hydrogen) atoms. The maximum atomic E-state index is 11.8. The van der Waals surface area contributed by atoms with Gasteiger partial charge in [-0.1, -0.05) is 36.8 Å². The molecule has 0 aliphatic rings. The summed E-state index contributed by atoms with van der Waals surface area (Å²) >= 11 is 0. The molecule has 0 spiro atoms. The van der Waals surface area contributed by atoms with Crippen LogP contribution in [0.1, 0.15) is 31.2 Å². The Labute approximate surface area is 119 Å². The van der Waals surface area contributed by atoms with Crippen LogP contribution < -0.4 is 16.8 Å². The maximum Gasteiger partial charge on any atom is 0.240 e. The Morgan fingerprint density at radius 3 is 2.40 bits per heavy atom. The van der Waals surface area contributed by atoms with E-state index in [0.717, 1.165) is 24.8 Å². The number of benzene rings is 1. The molecule has 5 heteroatoms. The predicted octanol–water partition coefficient (Wildman–Crippen LogP) is 0.718. The van der Waals surface area contributed by atoms with Crippen molar-refractivity contribution in [2.45, 2.75) is 38.1 Å². The van der Waals surface area contributed by atoms with Gasteiger partial charge in [0.05, 0.1) is 0 Å². The van der Waals surface area contributed by atoms with Crippen LogP contribution in [0.5, 0.6) is 0 Å². The summed E-state index contributed by atoms with van der Waals surface area (Å²) in [5.74, 6) is -0.647. The number of primary amides is 1. The number of carbonyl (C=O) groups is 2. The zero-order chi connectivity index (χ0) is 14.8. The molecule has 0 bridgehead atoms. The molecule has 0 aliphatic heterocycles. The lowest BCUT2D eigenvalue weighted by atomic mass is 10.1. The number of carbonyl (C=O) groups excluding carboxylic acids is 2. The lowest BCUT2D eigenvalue weighted by Gasteiger charge is -2.15. The first-order valence-corrected chi connectivity index (χ1v) is 6.96. The quantitative estimate of drug-likeness (QED) is 0.580. The number of rotatable bonds is 9. The minimum absolute atomic E-state index is 0.137. The van der Waals surface area contributed by atoms with Crippen LogP contribution >= 0.6 is 0 Å². The summed E-state index contributed by atoms with van der Waals surface area (Å²) in [6.07, 6.45) is 3.43. The summed E-state index contributed by atoms with van der Waals surface area (Å²) in [5, 5.41) is 2.70. The van der Waals surface area contributed by atoms with Gasteiger partial charge in [-0.2, -0.15) is 0 Å². The normalized spacial score (nSPS) is 11.8. The van der Waals surface area contributed by atoms with Crippen molar-refractivity contribution in [1.82, 2.24) is 5.32 Å².